The van der Waals surface area contributed by atoms with Crippen molar-refractivity contribution in [2.45, 2.75) is 19.1 Å². The lowest BCUT2D eigenvalue weighted by Gasteiger charge is -2.26. The van der Waals surface area contributed by atoms with E-state index in [2.05, 4.69) is 50.1 Å². The Hall–Kier alpha value is -2.42. The van der Waals surface area contributed by atoms with E-state index in [1.165, 1.54) is 37.3 Å². The number of halogens is 6. The summed E-state index contributed by atoms with van der Waals surface area (Å²) in [7, 11) is 0. The van der Waals surface area contributed by atoms with Gasteiger partial charge in [-0.1, -0.05) is 63.7 Å². The molecule has 2 heterocycles. The van der Waals surface area contributed by atoms with Crippen LogP contribution in [0.1, 0.15) is 24.1 Å². The molecule has 1 aliphatic heterocycles. The molecular formula is C26H18BrClF3IN2O4S. The lowest BCUT2D eigenvalue weighted by atomic mass is 9.95. The number of nitrogens with zero attached hydrogens (tertiary/aromatic N) is 2. The number of thiazole rings is 1. The monoisotopic (exact) mass is 752 g/mol. The van der Waals surface area contributed by atoms with E-state index in [0.717, 1.165) is 19.5 Å². The lowest BCUT2D eigenvalue weighted by molar-refractivity contribution is -0.140. The van der Waals surface area contributed by atoms with Crippen LogP contribution in [0, 0.1) is 3.57 Å². The molecule has 1 aromatic heterocycles. The van der Waals surface area contributed by atoms with Crippen LogP contribution in [-0.4, -0.2) is 29.9 Å². The van der Waals surface area contributed by atoms with E-state index in [9.17, 15) is 22.8 Å². The molecule has 39 heavy (non-hydrogen) atoms. The predicted molar refractivity (Wildman–Crippen MR) is 155 cm³/mol. The number of hydrogen-bond acceptors (Lipinski definition) is 6. The van der Waals surface area contributed by atoms with Gasteiger partial charge < -0.3 is 9.47 Å². The molecule has 0 fully saturated rings. The van der Waals surface area contributed by atoms with Crippen molar-refractivity contribution in [1.29, 1.82) is 0 Å². The number of rotatable bonds is 7. The molecule has 0 amide bonds. The number of hydrogen-bond donors (Lipinski definition) is 0. The third kappa shape index (κ3) is 6.18. The summed E-state index contributed by atoms with van der Waals surface area (Å²) in [4.78, 5) is 30.2. The summed E-state index contributed by atoms with van der Waals surface area (Å²) in [5.74, 6) is -0.744. The number of carbonyl (C=O) groups excluding carboxylic acids is 1. The van der Waals surface area contributed by atoms with Gasteiger partial charge in [0.05, 0.1) is 26.3 Å². The van der Waals surface area contributed by atoms with Crippen molar-refractivity contribution in [3.63, 3.8) is 0 Å². The van der Waals surface area contributed by atoms with Crippen LogP contribution in [-0.2, 0) is 9.53 Å². The molecule has 0 radical (unpaired) electrons. The number of benzene rings is 2. The Morgan fingerprint density at radius 2 is 2.00 bits per heavy atom. The maximum atomic E-state index is 14.3. The zero-order valence-electron chi connectivity index (χ0n) is 20.0. The minimum absolute atomic E-state index is 0.0942. The van der Waals surface area contributed by atoms with E-state index < -0.39 is 35.0 Å². The van der Waals surface area contributed by atoms with Crippen molar-refractivity contribution in [2.75, 3.05) is 13.2 Å². The minimum Gasteiger partial charge on any atom is -0.488 e. The predicted octanol–water partition coefficient (Wildman–Crippen LogP) is 5.93. The van der Waals surface area contributed by atoms with E-state index in [1.54, 1.807) is 12.1 Å². The van der Waals surface area contributed by atoms with E-state index in [0.29, 0.717) is 20.8 Å². The van der Waals surface area contributed by atoms with Gasteiger partial charge in [-0.2, -0.15) is 13.2 Å². The van der Waals surface area contributed by atoms with Crippen LogP contribution in [0.15, 0.2) is 74.6 Å². The highest BCUT2D eigenvalue weighted by atomic mass is 127. The van der Waals surface area contributed by atoms with Crippen molar-refractivity contribution in [3.8, 4) is 5.75 Å². The van der Waals surface area contributed by atoms with Crippen molar-refractivity contribution < 1.29 is 27.4 Å². The number of carbonyl (C=O) groups is 1. The maximum Gasteiger partial charge on any atom is 0.434 e. The number of aromatic nitrogens is 1. The first-order valence-corrected chi connectivity index (χ1v) is 14.3. The van der Waals surface area contributed by atoms with Gasteiger partial charge >= 0.3 is 12.1 Å². The number of ether oxygens (including phenoxy) is 2. The molecule has 1 atom stereocenters. The van der Waals surface area contributed by atoms with Gasteiger partial charge in [0.25, 0.3) is 5.56 Å². The average Bonchev–Trinajstić information content (AvgIpc) is 3.17. The average molecular weight is 754 g/mol. The zero-order valence-corrected chi connectivity index (χ0v) is 25.3. The standard InChI is InChI=1S/C26H18BrClF3IN2O4S/c1-3-9-38-21-14(10-15(27)12-17(21)32)11-18-23(35)34-20(13-5-7-16(28)8-6-13)19(24(36)37-4-2)22(26(29,30)31)33-25(34)39-18/h3,5-8,10-12,20H,1,4,9H2,2H3/b18-11-/t20-/m1/s1. The summed E-state index contributed by atoms with van der Waals surface area (Å²) in [6, 6.07) is 7.95. The molecule has 0 saturated heterocycles. The summed E-state index contributed by atoms with van der Waals surface area (Å²) >= 11 is 12.3. The molecule has 3 aromatic rings. The minimum atomic E-state index is -4.99. The summed E-state index contributed by atoms with van der Waals surface area (Å²) < 4.78 is 56.2. The van der Waals surface area contributed by atoms with Gasteiger partial charge in [-0.3, -0.25) is 9.36 Å². The van der Waals surface area contributed by atoms with Crippen LogP contribution >= 0.6 is 61.5 Å². The molecule has 1 aliphatic rings. The Balaban J connectivity index is 2.05. The normalized spacial score (nSPS) is 15.6. The van der Waals surface area contributed by atoms with Crippen molar-refractivity contribution in [1.82, 2.24) is 4.57 Å². The highest BCUT2D eigenvalue weighted by Gasteiger charge is 2.45. The van der Waals surface area contributed by atoms with Crippen LogP contribution in [0.5, 0.6) is 5.75 Å². The van der Waals surface area contributed by atoms with Crippen molar-refractivity contribution in [2.24, 2.45) is 4.99 Å². The van der Waals surface area contributed by atoms with Gasteiger partial charge in [0.2, 0.25) is 0 Å². The quantitative estimate of drug-likeness (QED) is 0.171. The molecule has 2 aromatic carbocycles. The number of allylic oxidation sites excluding steroid dienone is 1. The van der Waals surface area contributed by atoms with E-state index in [-0.39, 0.29) is 28.1 Å². The van der Waals surface area contributed by atoms with Crippen molar-refractivity contribution >= 4 is 73.5 Å². The fourth-order valence-corrected chi connectivity index (χ4v) is 6.75. The van der Waals surface area contributed by atoms with Crippen LogP contribution in [0.3, 0.4) is 0 Å². The number of esters is 1. The molecule has 6 nitrogen and oxygen atoms in total. The molecule has 13 heteroatoms. The van der Waals surface area contributed by atoms with E-state index in [4.69, 9.17) is 21.1 Å². The smallest absolute Gasteiger partial charge is 0.434 e. The van der Waals surface area contributed by atoms with E-state index >= 15 is 0 Å². The topological polar surface area (TPSA) is 69.9 Å². The van der Waals surface area contributed by atoms with Gasteiger partial charge in [-0.15, -0.1) is 0 Å². The molecular weight excluding hydrogens is 736 g/mol. The molecule has 0 aliphatic carbocycles. The zero-order chi connectivity index (χ0) is 28.5. The summed E-state index contributed by atoms with van der Waals surface area (Å²) in [5, 5.41) is 0.333. The molecule has 0 unspecified atom stereocenters. The summed E-state index contributed by atoms with van der Waals surface area (Å²) in [6.45, 7) is 5.16. The Labute approximate surface area is 251 Å². The van der Waals surface area contributed by atoms with Gasteiger partial charge in [-0.05, 0) is 65.4 Å². The Kier molecular flexibility index (Phi) is 9.08. The Bertz CT molecular complexity index is 1670. The molecule has 0 saturated carbocycles. The Morgan fingerprint density at radius 3 is 2.62 bits per heavy atom. The summed E-state index contributed by atoms with van der Waals surface area (Å²) in [5.41, 5.74) is -2.08. The maximum absolute atomic E-state index is 14.3. The highest BCUT2D eigenvalue weighted by Crippen LogP contribution is 2.38. The van der Waals surface area contributed by atoms with Gasteiger partial charge in [0.15, 0.2) is 10.5 Å². The molecule has 204 valence electrons. The SMILES string of the molecule is C=CCOc1c(I)cc(Br)cc1/C=c1\sc2n(c1=O)[C@H](c1ccc(Cl)cc1)C(C(=O)OCC)=C(C(F)(F)F)N=2. The molecule has 0 N–H and O–H groups in total. The summed E-state index contributed by atoms with van der Waals surface area (Å²) in [6.07, 6.45) is -1.90. The van der Waals surface area contributed by atoms with Crippen LogP contribution < -0.4 is 19.6 Å². The van der Waals surface area contributed by atoms with Gasteiger partial charge in [0, 0.05) is 15.1 Å². The fourth-order valence-electron chi connectivity index (χ4n) is 3.92. The largest absolute Gasteiger partial charge is 0.488 e. The van der Waals surface area contributed by atoms with Gasteiger partial charge in [0.1, 0.15) is 12.4 Å². The molecule has 4 rings (SSSR count). The first kappa shape index (κ1) is 29.6. The van der Waals surface area contributed by atoms with Crippen LogP contribution in [0.4, 0.5) is 13.2 Å². The van der Waals surface area contributed by atoms with Crippen LogP contribution in [0.25, 0.3) is 6.08 Å². The fraction of sp³-hybridized carbons (Fsp3) is 0.192. The molecule has 0 bridgehead atoms. The second-order valence-corrected chi connectivity index (χ2v) is 11.5. The second-order valence-electron chi connectivity index (χ2n) is 8.02. The van der Waals surface area contributed by atoms with Gasteiger partial charge in [-0.25, -0.2) is 9.79 Å². The number of alkyl halides is 3. The first-order valence-electron chi connectivity index (χ1n) is 11.2. The molecule has 0 spiro atoms. The highest BCUT2D eigenvalue weighted by molar-refractivity contribution is 14.1. The van der Waals surface area contributed by atoms with Crippen LogP contribution in [0.2, 0.25) is 5.02 Å². The second kappa shape index (κ2) is 12.0. The third-order valence-corrected chi connectivity index (χ3v) is 7.94. The Morgan fingerprint density at radius 1 is 1.31 bits per heavy atom. The lowest BCUT2D eigenvalue weighted by Crippen LogP contribution is -2.41. The third-order valence-electron chi connectivity index (χ3n) is 5.45. The number of fused-ring (bicyclic) bond motifs is 1. The first-order chi connectivity index (χ1) is 18.5. The van der Waals surface area contributed by atoms with Crippen molar-refractivity contribution in [3.05, 3.63) is 104 Å². The van der Waals surface area contributed by atoms with E-state index in [1.807, 2.05) is 6.07 Å².